The summed E-state index contributed by atoms with van der Waals surface area (Å²) in [6, 6.07) is 20.6. The Kier molecular flexibility index (Phi) is 4.32. The molecule has 0 bridgehead atoms. The van der Waals surface area contributed by atoms with Crippen LogP contribution in [0, 0.1) is 5.41 Å². The van der Waals surface area contributed by atoms with Crippen LogP contribution < -0.4 is 0 Å². The van der Waals surface area contributed by atoms with Gasteiger partial charge in [0.25, 0.3) is 0 Å². The number of benzene rings is 2. The first-order valence-corrected chi connectivity index (χ1v) is 7.48. The first-order valence-electron chi connectivity index (χ1n) is 7.48. The lowest BCUT2D eigenvalue weighted by atomic mass is 9.70. The van der Waals surface area contributed by atoms with Gasteiger partial charge in [0.2, 0.25) is 0 Å². The highest BCUT2D eigenvalue weighted by molar-refractivity contribution is 5.85. The Morgan fingerprint density at radius 2 is 1.14 bits per heavy atom. The molecule has 1 nitrogen and oxygen atoms in total. The molecular formula is C20H24O. The van der Waals surface area contributed by atoms with Crippen LogP contribution >= 0.6 is 0 Å². The minimum absolute atomic E-state index is 0.285. The van der Waals surface area contributed by atoms with Gasteiger partial charge in [-0.25, -0.2) is 0 Å². The number of carbonyl (C=O) groups is 1. The molecule has 0 atom stereocenters. The fourth-order valence-electron chi connectivity index (χ4n) is 2.57. The van der Waals surface area contributed by atoms with E-state index in [4.69, 9.17) is 0 Å². The normalized spacial score (nSPS) is 12.2. The minimum Gasteiger partial charge on any atom is -0.299 e. The van der Waals surface area contributed by atoms with E-state index in [0.29, 0.717) is 6.42 Å². The van der Waals surface area contributed by atoms with Crippen molar-refractivity contribution in [1.82, 2.24) is 0 Å². The molecule has 0 aromatic heterocycles. The Labute approximate surface area is 128 Å². The molecule has 0 unspecified atom stereocenters. The van der Waals surface area contributed by atoms with Gasteiger partial charge in [-0.3, -0.25) is 4.79 Å². The van der Waals surface area contributed by atoms with Crippen LogP contribution in [0.1, 0.15) is 45.2 Å². The van der Waals surface area contributed by atoms with Crippen LogP contribution in [0.25, 0.3) is 0 Å². The lowest BCUT2D eigenvalue weighted by Gasteiger charge is -2.33. The number of hydrogen-bond acceptors (Lipinski definition) is 1. The van der Waals surface area contributed by atoms with Gasteiger partial charge in [0.1, 0.15) is 5.78 Å². The molecule has 0 heterocycles. The van der Waals surface area contributed by atoms with Crippen molar-refractivity contribution in [2.75, 3.05) is 0 Å². The fraction of sp³-hybridized carbons (Fsp3) is 0.350. The molecule has 0 saturated carbocycles. The summed E-state index contributed by atoms with van der Waals surface area (Å²) in [6.45, 7) is 8.14. The lowest BCUT2D eigenvalue weighted by Crippen LogP contribution is -2.32. The van der Waals surface area contributed by atoms with Crippen molar-refractivity contribution in [2.45, 2.75) is 39.5 Å². The molecule has 2 aromatic rings. The largest absolute Gasteiger partial charge is 0.299 e. The molecule has 0 fully saturated rings. The van der Waals surface area contributed by atoms with Crippen LogP contribution in [-0.4, -0.2) is 5.78 Å². The quantitative estimate of drug-likeness (QED) is 0.770. The first kappa shape index (κ1) is 15.5. The third-order valence-corrected chi connectivity index (χ3v) is 4.17. The van der Waals surface area contributed by atoms with Gasteiger partial charge in [0.15, 0.2) is 0 Å². The molecule has 0 amide bonds. The number of ketones is 1. The van der Waals surface area contributed by atoms with Crippen LogP contribution in [0.2, 0.25) is 0 Å². The van der Waals surface area contributed by atoms with Gasteiger partial charge in [-0.1, -0.05) is 88.4 Å². The van der Waals surface area contributed by atoms with Gasteiger partial charge in [-0.2, -0.15) is 0 Å². The van der Waals surface area contributed by atoms with Gasteiger partial charge >= 0.3 is 0 Å². The van der Waals surface area contributed by atoms with E-state index < -0.39 is 0 Å². The van der Waals surface area contributed by atoms with Gasteiger partial charge in [-0.05, 0) is 11.1 Å². The fourth-order valence-corrected chi connectivity index (χ4v) is 2.57. The predicted octanol–water partition coefficient (Wildman–Crippen LogP) is 5.00. The van der Waals surface area contributed by atoms with Crippen molar-refractivity contribution in [1.29, 1.82) is 0 Å². The van der Waals surface area contributed by atoms with Crippen LogP contribution in [0.5, 0.6) is 0 Å². The molecule has 0 aliphatic rings. The Morgan fingerprint density at radius 3 is 1.48 bits per heavy atom. The smallest absolute Gasteiger partial charge is 0.139 e. The zero-order valence-corrected chi connectivity index (χ0v) is 13.4. The second kappa shape index (κ2) is 5.85. The summed E-state index contributed by atoms with van der Waals surface area (Å²) in [5.74, 6) is 0.290. The standard InChI is InChI=1S/C20H24O/c1-19(2,3)18(21)15-20(4,16-11-7-5-8-12-16)17-13-9-6-10-14-17/h5-14H,15H2,1-4H3. The molecule has 0 aliphatic carbocycles. The zero-order valence-electron chi connectivity index (χ0n) is 13.4. The molecule has 21 heavy (non-hydrogen) atoms. The Morgan fingerprint density at radius 1 is 0.762 bits per heavy atom. The van der Waals surface area contributed by atoms with Gasteiger partial charge in [0.05, 0.1) is 0 Å². The van der Waals surface area contributed by atoms with E-state index in [2.05, 4.69) is 31.2 Å². The Hall–Kier alpha value is -1.89. The van der Waals surface area contributed by atoms with Crippen LogP contribution in [0.15, 0.2) is 60.7 Å². The molecule has 0 N–H and O–H groups in total. The molecule has 0 saturated heterocycles. The highest BCUT2D eigenvalue weighted by Crippen LogP contribution is 2.37. The van der Waals surface area contributed by atoms with Gasteiger partial charge < -0.3 is 0 Å². The average Bonchev–Trinajstić information content (AvgIpc) is 2.48. The molecule has 110 valence electrons. The summed E-state index contributed by atoms with van der Waals surface area (Å²) in [7, 11) is 0. The Balaban J connectivity index is 2.48. The summed E-state index contributed by atoms with van der Waals surface area (Å²) in [5.41, 5.74) is 1.78. The van der Waals surface area contributed by atoms with Crippen LogP contribution in [0.4, 0.5) is 0 Å². The molecule has 2 rings (SSSR count). The molecule has 1 heteroatoms. The van der Waals surface area contributed by atoms with Gasteiger partial charge in [0, 0.05) is 17.3 Å². The molecule has 0 spiro atoms. The van der Waals surface area contributed by atoms with Crippen molar-refractivity contribution in [3.8, 4) is 0 Å². The van der Waals surface area contributed by atoms with E-state index in [0.717, 1.165) is 0 Å². The highest BCUT2D eigenvalue weighted by atomic mass is 16.1. The second-order valence-electron chi connectivity index (χ2n) is 6.91. The van der Waals surface area contributed by atoms with E-state index in [-0.39, 0.29) is 16.6 Å². The van der Waals surface area contributed by atoms with Crippen LogP contribution in [-0.2, 0) is 10.2 Å². The van der Waals surface area contributed by atoms with Crippen molar-refractivity contribution < 1.29 is 4.79 Å². The minimum atomic E-state index is -0.315. The van der Waals surface area contributed by atoms with Crippen molar-refractivity contribution in [3.63, 3.8) is 0 Å². The summed E-state index contributed by atoms with van der Waals surface area (Å²) in [4.78, 5) is 12.6. The zero-order chi connectivity index (χ0) is 15.5. The molecular weight excluding hydrogens is 256 g/mol. The molecule has 0 aliphatic heterocycles. The summed E-state index contributed by atoms with van der Waals surface area (Å²) >= 11 is 0. The first-order chi connectivity index (χ1) is 9.84. The van der Waals surface area contributed by atoms with E-state index >= 15 is 0 Å². The maximum atomic E-state index is 12.6. The van der Waals surface area contributed by atoms with Crippen molar-refractivity contribution in [3.05, 3.63) is 71.8 Å². The number of carbonyl (C=O) groups excluding carboxylic acids is 1. The van der Waals surface area contributed by atoms with E-state index in [1.807, 2.05) is 57.2 Å². The molecule has 2 aromatic carbocycles. The number of hydrogen-bond donors (Lipinski definition) is 0. The third-order valence-electron chi connectivity index (χ3n) is 4.17. The number of Topliss-reactive ketones (excluding diaryl/α,β-unsaturated/α-hetero) is 1. The maximum Gasteiger partial charge on any atom is 0.139 e. The van der Waals surface area contributed by atoms with Crippen LogP contribution in [0.3, 0.4) is 0 Å². The monoisotopic (exact) mass is 280 g/mol. The number of rotatable bonds is 4. The topological polar surface area (TPSA) is 17.1 Å². The Bertz CT molecular complexity index is 551. The summed E-state index contributed by atoms with van der Waals surface area (Å²) in [6.07, 6.45) is 0.518. The maximum absolute atomic E-state index is 12.6. The van der Waals surface area contributed by atoms with E-state index in [1.54, 1.807) is 0 Å². The lowest BCUT2D eigenvalue weighted by molar-refractivity contribution is -0.127. The summed E-state index contributed by atoms with van der Waals surface area (Å²) in [5, 5.41) is 0. The SMILES string of the molecule is CC(C)(C)C(=O)CC(C)(c1ccccc1)c1ccccc1. The van der Waals surface area contributed by atoms with Crippen molar-refractivity contribution in [2.24, 2.45) is 5.41 Å². The van der Waals surface area contributed by atoms with Crippen molar-refractivity contribution >= 4 is 5.78 Å². The van der Waals surface area contributed by atoms with E-state index in [9.17, 15) is 4.79 Å². The average molecular weight is 280 g/mol. The van der Waals surface area contributed by atoms with E-state index in [1.165, 1.54) is 11.1 Å². The summed E-state index contributed by atoms with van der Waals surface area (Å²) < 4.78 is 0. The molecule has 0 radical (unpaired) electrons. The second-order valence-corrected chi connectivity index (χ2v) is 6.91. The highest BCUT2D eigenvalue weighted by Gasteiger charge is 2.35. The van der Waals surface area contributed by atoms with Gasteiger partial charge in [-0.15, -0.1) is 0 Å². The predicted molar refractivity (Wildman–Crippen MR) is 88.4 cm³/mol. The third kappa shape index (κ3) is 3.41.